The van der Waals surface area contributed by atoms with Gasteiger partial charge < -0.3 is 9.84 Å². The molecule has 7 heteroatoms. The van der Waals surface area contributed by atoms with Crippen LogP contribution in [0, 0.1) is 0 Å². The Labute approximate surface area is 106 Å². The summed E-state index contributed by atoms with van der Waals surface area (Å²) >= 11 is 7.10. The van der Waals surface area contributed by atoms with Crippen molar-refractivity contribution in [3.63, 3.8) is 0 Å². The van der Waals surface area contributed by atoms with Crippen LogP contribution in [0.25, 0.3) is 10.6 Å². The highest BCUT2D eigenvalue weighted by Gasteiger charge is 2.15. The van der Waals surface area contributed by atoms with E-state index in [2.05, 4.69) is 10.2 Å². The molecule has 2 aromatic heterocycles. The Balaban J connectivity index is 2.50. The number of thiophene rings is 1. The summed E-state index contributed by atoms with van der Waals surface area (Å²) in [7, 11) is 1.35. The van der Waals surface area contributed by atoms with E-state index in [1.54, 1.807) is 12.1 Å². The van der Waals surface area contributed by atoms with Gasteiger partial charge in [-0.3, -0.25) is 0 Å². The highest BCUT2D eigenvalue weighted by Crippen LogP contribution is 2.30. The number of carbonyl (C=O) groups is 1. The summed E-state index contributed by atoms with van der Waals surface area (Å²) in [4.78, 5) is 11.8. The van der Waals surface area contributed by atoms with Crippen molar-refractivity contribution in [2.75, 3.05) is 7.11 Å². The van der Waals surface area contributed by atoms with Crippen LogP contribution in [0.1, 0.15) is 10.4 Å². The quantitative estimate of drug-likeness (QED) is 0.928. The minimum atomic E-state index is -1.11. The lowest BCUT2D eigenvalue weighted by molar-refractivity contribution is 0.0692. The van der Waals surface area contributed by atoms with E-state index in [0.717, 1.165) is 4.88 Å². The third kappa shape index (κ3) is 2.37. The molecule has 2 heterocycles. The Hall–Kier alpha value is -1.66. The molecule has 1 N–H and O–H groups in total. The Bertz CT molecular complexity index is 570. The molecule has 0 unspecified atom stereocenters. The summed E-state index contributed by atoms with van der Waals surface area (Å²) in [6, 6.07) is 4.89. The van der Waals surface area contributed by atoms with Crippen molar-refractivity contribution in [2.24, 2.45) is 0 Å². The van der Waals surface area contributed by atoms with Gasteiger partial charge in [0.25, 0.3) is 0 Å². The lowest BCUT2D eigenvalue weighted by Crippen LogP contribution is -2.04. The van der Waals surface area contributed by atoms with E-state index in [-0.39, 0.29) is 11.4 Å². The first-order chi connectivity index (χ1) is 8.11. The van der Waals surface area contributed by atoms with Crippen LogP contribution in [0.4, 0.5) is 0 Å². The zero-order valence-corrected chi connectivity index (χ0v) is 10.2. The maximum absolute atomic E-state index is 11.0. The van der Waals surface area contributed by atoms with Gasteiger partial charge in [-0.1, -0.05) is 11.6 Å². The van der Waals surface area contributed by atoms with Gasteiger partial charge in [-0.25, -0.2) is 4.79 Å². The van der Waals surface area contributed by atoms with Crippen LogP contribution in [0.5, 0.6) is 5.88 Å². The lowest BCUT2D eigenvalue weighted by Gasteiger charge is -2.03. The Kier molecular flexibility index (Phi) is 3.26. The number of methoxy groups -OCH3 is 1. The smallest absolute Gasteiger partial charge is 0.341 e. The summed E-state index contributed by atoms with van der Waals surface area (Å²) in [6.07, 6.45) is 0. The van der Waals surface area contributed by atoms with Crippen LogP contribution in [0.3, 0.4) is 0 Å². The highest BCUT2D eigenvalue weighted by atomic mass is 35.5. The monoisotopic (exact) mass is 270 g/mol. The van der Waals surface area contributed by atoms with Crippen LogP contribution in [0.2, 0.25) is 4.34 Å². The minimum absolute atomic E-state index is 0.0103. The fourth-order valence-electron chi connectivity index (χ4n) is 1.26. The summed E-state index contributed by atoms with van der Waals surface area (Å²) in [5.41, 5.74) is 0.433. The van der Waals surface area contributed by atoms with Gasteiger partial charge in [-0.2, -0.15) is 0 Å². The summed E-state index contributed by atoms with van der Waals surface area (Å²) in [5, 5.41) is 16.6. The molecule has 2 rings (SSSR count). The van der Waals surface area contributed by atoms with E-state index < -0.39 is 5.97 Å². The standard InChI is InChI=1S/C10H7ClN2O3S/c1-16-9-5(10(14)15)4-6(12-13-9)7-2-3-8(11)17-7/h2-4H,1H3,(H,14,15). The highest BCUT2D eigenvalue weighted by molar-refractivity contribution is 7.19. The summed E-state index contributed by atoms with van der Waals surface area (Å²) in [5.74, 6) is -1.12. The summed E-state index contributed by atoms with van der Waals surface area (Å²) in [6.45, 7) is 0. The average Bonchev–Trinajstić information content (AvgIpc) is 2.75. The first kappa shape index (κ1) is 11.8. The Morgan fingerprint density at radius 3 is 2.76 bits per heavy atom. The van der Waals surface area contributed by atoms with Gasteiger partial charge in [0.2, 0.25) is 5.88 Å². The fourth-order valence-corrected chi connectivity index (χ4v) is 2.26. The van der Waals surface area contributed by atoms with Crippen LogP contribution < -0.4 is 4.74 Å². The van der Waals surface area contributed by atoms with Gasteiger partial charge in [0.15, 0.2) is 0 Å². The number of nitrogens with zero attached hydrogens (tertiary/aromatic N) is 2. The number of hydrogen-bond donors (Lipinski definition) is 1. The third-order valence-electron chi connectivity index (χ3n) is 2.01. The van der Waals surface area contributed by atoms with Gasteiger partial charge in [-0.15, -0.1) is 21.5 Å². The molecule has 2 aromatic rings. The van der Waals surface area contributed by atoms with Gasteiger partial charge in [0, 0.05) is 0 Å². The van der Waals surface area contributed by atoms with E-state index in [0.29, 0.717) is 10.0 Å². The van der Waals surface area contributed by atoms with Crippen LogP contribution >= 0.6 is 22.9 Å². The van der Waals surface area contributed by atoms with E-state index in [1.165, 1.54) is 24.5 Å². The van der Waals surface area contributed by atoms with Crippen molar-refractivity contribution in [3.05, 3.63) is 28.1 Å². The van der Waals surface area contributed by atoms with Crippen LogP contribution in [-0.4, -0.2) is 28.4 Å². The summed E-state index contributed by atoms with van der Waals surface area (Å²) < 4.78 is 5.43. The molecule has 0 saturated carbocycles. The molecule has 0 fully saturated rings. The molecule has 0 aliphatic rings. The number of hydrogen-bond acceptors (Lipinski definition) is 5. The maximum atomic E-state index is 11.0. The SMILES string of the molecule is COc1nnc(-c2ccc(Cl)s2)cc1C(=O)O. The number of aromatic nitrogens is 2. The molecule has 0 aliphatic carbocycles. The molecule has 0 spiro atoms. The number of ether oxygens (including phenoxy) is 1. The van der Waals surface area contributed by atoms with Crippen molar-refractivity contribution >= 4 is 28.9 Å². The zero-order chi connectivity index (χ0) is 12.4. The van der Waals surface area contributed by atoms with E-state index in [9.17, 15) is 4.79 Å². The maximum Gasteiger partial charge on any atom is 0.341 e. The number of carboxylic acids is 1. The molecule has 0 bridgehead atoms. The van der Waals surface area contributed by atoms with Gasteiger partial charge in [0.05, 0.1) is 16.3 Å². The topological polar surface area (TPSA) is 72.3 Å². The van der Waals surface area contributed by atoms with Crippen molar-refractivity contribution in [2.45, 2.75) is 0 Å². The first-order valence-corrected chi connectivity index (χ1v) is 5.72. The first-order valence-electron chi connectivity index (χ1n) is 4.52. The molecule has 0 aromatic carbocycles. The number of aromatic carboxylic acids is 1. The molecule has 0 radical (unpaired) electrons. The molecular formula is C10H7ClN2O3S. The second kappa shape index (κ2) is 4.68. The molecule has 0 saturated heterocycles. The van der Waals surface area contributed by atoms with E-state index >= 15 is 0 Å². The van der Waals surface area contributed by atoms with Crippen molar-refractivity contribution in [1.29, 1.82) is 0 Å². The van der Waals surface area contributed by atoms with E-state index in [1.807, 2.05) is 0 Å². The average molecular weight is 271 g/mol. The predicted octanol–water partition coefficient (Wildman–Crippen LogP) is 2.57. The molecule has 0 atom stereocenters. The fraction of sp³-hybridized carbons (Fsp3) is 0.100. The van der Waals surface area contributed by atoms with Gasteiger partial charge in [0.1, 0.15) is 11.3 Å². The zero-order valence-electron chi connectivity index (χ0n) is 8.68. The minimum Gasteiger partial charge on any atom is -0.479 e. The largest absolute Gasteiger partial charge is 0.479 e. The Morgan fingerprint density at radius 1 is 1.47 bits per heavy atom. The second-order valence-electron chi connectivity index (χ2n) is 3.06. The van der Waals surface area contributed by atoms with Crippen molar-refractivity contribution in [1.82, 2.24) is 10.2 Å². The third-order valence-corrected chi connectivity index (χ3v) is 3.26. The molecule has 5 nitrogen and oxygen atoms in total. The van der Waals surface area contributed by atoms with E-state index in [4.69, 9.17) is 21.4 Å². The number of rotatable bonds is 3. The normalized spacial score (nSPS) is 10.2. The molecular weight excluding hydrogens is 264 g/mol. The van der Waals surface area contributed by atoms with Gasteiger partial charge >= 0.3 is 5.97 Å². The second-order valence-corrected chi connectivity index (χ2v) is 4.78. The van der Waals surface area contributed by atoms with Gasteiger partial charge in [-0.05, 0) is 18.2 Å². The van der Waals surface area contributed by atoms with Crippen LogP contribution in [-0.2, 0) is 0 Å². The van der Waals surface area contributed by atoms with Crippen molar-refractivity contribution < 1.29 is 14.6 Å². The lowest BCUT2D eigenvalue weighted by atomic mass is 10.2. The molecule has 88 valence electrons. The molecule has 17 heavy (non-hydrogen) atoms. The number of halogens is 1. The predicted molar refractivity (Wildman–Crippen MR) is 63.9 cm³/mol. The molecule has 0 aliphatic heterocycles. The number of carboxylic acid groups (broad SMARTS) is 1. The van der Waals surface area contributed by atoms with Crippen LogP contribution in [0.15, 0.2) is 18.2 Å². The van der Waals surface area contributed by atoms with Crippen molar-refractivity contribution in [3.8, 4) is 16.5 Å². The molecule has 0 amide bonds. The Morgan fingerprint density at radius 2 is 2.24 bits per heavy atom.